The number of rotatable bonds is 2. The average Bonchev–Trinajstić information content (AvgIpc) is 2.23. The number of hydrogen-bond donors (Lipinski definition) is 1. The first kappa shape index (κ1) is 15.1. The molecule has 0 radical (unpaired) electrons. The summed E-state index contributed by atoms with van der Waals surface area (Å²) in [6.45, 7) is 6.18. The largest absolute Gasteiger partial charge is 0.481 e. The van der Waals surface area contributed by atoms with E-state index in [1.807, 2.05) is 20.8 Å². The zero-order chi connectivity index (χ0) is 15.0. The van der Waals surface area contributed by atoms with Crippen molar-refractivity contribution in [3.8, 4) is 0 Å². The first-order valence-electron chi connectivity index (χ1n) is 7.06. The summed E-state index contributed by atoms with van der Waals surface area (Å²) in [5, 5.41) is 8.86. The van der Waals surface area contributed by atoms with Crippen molar-refractivity contribution in [1.29, 1.82) is 0 Å². The second-order valence-corrected chi connectivity index (χ2v) is 6.70. The molecule has 1 N–H and O–H groups in total. The number of hydrogen-bond acceptors (Lipinski definition) is 4. The quantitative estimate of drug-likeness (QED) is 0.840. The van der Waals surface area contributed by atoms with E-state index in [9.17, 15) is 9.59 Å². The molecule has 0 bridgehead atoms. The highest BCUT2D eigenvalue weighted by atomic mass is 16.6. The molecular weight excluding hydrogens is 262 g/mol. The number of amides is 1. The highest BCUT2D eigenvalue weighted by Crippen LogP contribution is 2.41. The fraction of sp³-hybridized carbons (Fsp3) is 0.857. The van der Waals surface area contributed by atoms with E-state index in [0.717, 1.165) is 19.3 Å². The SMILES string of the molecule is CC(C)(C)OC(=O)N1CC(CC(=O)O)OCC12CCC2. The van der Waals surface area contributed by atoms with Crippen molar-refractivity contribution >= 4 is 12.1 Å². The maximum atomic E-state index is 12.4. The molecule has 2 aliphatic rings. The van der Waals surface area contributed by atoms with Gasteiger partial charge < -0.3 is 14.6 Å². The maximum absolute atomic E-state index is 12.4. The third-order valence-electron chi connectivity index (χ3n) is 3.85. The van der Waals surface area contributed by atoms with Gasteiger partial charge in [-0.1, -0.05) is 0 Å². The fourth-order valence-electron chi connectivity index (χ4n) is 2.70. The monoisotopic (exact) mass is 285 g/mol. The van der Waals surface area contributed by atoms with E-state index in [1.165, 1.54) is 0 Å². The molecular formula is C14H23NO5. The molecule has 1 saturated carbocycles. The minimum atomic E-state index is -0.913. The van der Waals surface area contributed by atoms with E-state index in [0.29, 0.717) is 13.2 Å². The van der Waals surface area contributed by atoms with Gasteiger partial charge in [0.1, 0.15) is 5.60 Å². The average molecular weight is 285 g/mol. The van der Waals surface area contributed by atoms with Gasteiger partial charge in [-0.05, 0) is 40.0 Å². The number of carbonyl (C=O) groups is 2. The molecule has 0 aromatic heterocycles. The number of nitrogens with zero attached hydrogens (tertiary/aromatic N) is 1. The summed E-state index contributed by atoms with van der Waals surface area (Å²) in [6.07, 6.45) is 1.95. The van der Waals surface area contributed by atoms with E-state index in [4.69, 9.17) is 14.6 Å². The lowest BCUT2D eigenvalue weighted by atomic mass is 9.75. The lowest BCUT2D eigenvalue weighted by Gasteiger charge is -2.53. The van der Waals surface area contributed by atoms with E-state index < -0.39 is 17.7 Å². The van der Waals surface area contributed by atoms with E-state index in [2.05, 4.69) is 0 Å². The number of carboxylic acids is 1. The van der Waals surface area contributed by atoms with Crippen molar-refractivity contribution in [3.63, 3.8) is 0 Å². The van der Waals surface area contributed by atoms with Gasteiger partial charge in [0.05, 0.1) is 31.2 Å². The van der Waals surface area contributed by atoms with Crippen LogP contribution in [0.1, 0.15) is 46.5 Å². The first-order chi connectivity index (χ1) is 9.22. The molecule has 1 saturated heterocycles. The van der Waals surface area contributed by atoms with E-state index >= 15 is 0 Å². The Morgan fingerprint density at radius 2 is 2.05 bits per heavy atom. The molecule has 1 aliphatic carbocycles. The Balaban J connectivity index is 2.07. The number of carboxylic acid groups (broad SMARTS) is 1. The molecule has 2 fully saturated rings. The van der Waals surface area contributed by atoms with Gasteiger partial charge in [0.15, 0.2) is 0 Å². The summed E-state index contributed by atoms with van der Waals surface area (Å²) in [6, 6.07) is 0. The van der Waals surface area contributed by atoms with Crippen molar-refractivity contribution in [2.45, 2.75) is 63.7 Å². The van der Waals surface area contributed by atoms with Gasteiger partial charge in [0.25, 0.3) is 0 Å². The molecule has 1 heterocycles. The molecule has 1 spiro atoms. The van der Waals surface area contributed by atoms with Crippen molar-refractivity contribution in [2.24, 2.45) is 0 Å². The van der Waals surface area contributed by atoms with Crippen LogP contribution in [0.3, 0.4) is 0 Å². The Labute approximate surface area is 119 Å². The Morgan fingerprint density at radius 3 is 2.50 bits per heavy atom. The third kappa shape index (κ3) is 3.23. The van der Waals surface area contributed by atoms with Gasteiger partial charge in [-0.25, -0.2) is 4.79 Å². The van der Waals surface area contributed by atoms with Crippen molar-refractivity contribution in [3.05, 3.63) is 0 Å². The number of ether oxygens (including phenoxy) is 2. The normalized spacial score (nSPS) is 25.1. The molecule has 6 nitrogen and oxygen atoms in total. The predicted molar refractivity (Wildman–Crippen MR) is 71.5 cm³/mol. The zero-order valence-electron chi connectivity index (χ0n) is 12.3. The molecule has 1 amide bonds. The number of carbonyl (C=O) groups excluding carboxylic acids is 1. The van der Waals surface area contributed by atoms with Crippen LogP contribution in [-0.4, -0.2) is 52.5 Å². The molecule has 0 aromatic carbocycles. The summed E-state index contributed by atoms with van der Waals surface area (Å²) < 4.78 is 11.1. The Kier molecular flexibility index (Phi) is 3.95. The van der Waals surface area contributed by atoms with Gasteiger partial charge in [-0.3, -0.25) is 9.69 Å². The Morgan fingerprint density at radius 1 is 1.40 bits per heavy atom. The second kappa shape index (κ2) is 5.24. The van der Waals surface area contributed by atoms with Gasteiger partial charge in [-0.15, -0.1) is 0 Å². The standard InChI is InChI=1S/C14H23NO5/c1-13(2,3)20-12(18)15-8-10(7-11(16)17)19-9-14(15)5-4-6-14/h10H,4-9H2,1-3H3,(H,16,17). The van der Waals surface area contributed by atoms with Crippen molar-refractivity contribution in [1.82, 2.24) is 4.90 Å². The highest BCUT2D eigenvalue weighted by Gasteiger charge is 2.50. The van der Waals surface area contributed by atoms with Crippen LogP contribution in [-0.2, 0) is 14.3 Å². The smallest absolute Gasteiger partial charge is 0.410 e. The van der Waals surface area contributed by atoms with E-state index in [-0.39, 0.29) is 18.1 Å². The summed E-state index contributed by atoms with van der Waals surface area (Å²) in [7, 11) is 0. The van der Waals surface area contributed by atoms with Gasteiger partial charge in [-0.2, -0.15) is 0 Å². The van der Waals surface area contributed by atoms with Gasteiger partial charge >= 0.3 is 12.1 Å². The zero-order valence-corrected chi connectivity index (χ0v) is 12.3. The topological polar surface area (TPSA) is 76.1 Å². The summed E-state index contributed by atoms with van der Waals surface area (Å²) in [4.78, 5) is 24.9. The lowest BCUT2D eigenvalue weighted by molar-refractivity contribution is -0.156. The first-order valence-corrected chi connectivity index (χ1v) is 7.06. The van der Waals surface area contributed by atoms with Crippen LogP contribution in [0.2, 0.25) is 0 Å². The van der Waals surface area contributed by atoms with Gasteiger partial charge in [0.2, 0.25) is 0 Å². The highest BCUT2D eigenvalue weighted by molar-refractivity contribution is 5.70. The third-order valence-corrected chi connectivity index (χ3v) is 3.85. The summed E-state index contributed by atoms with van der Waals surface area (Å²) in [5.41, 5.74) is -0.833. The second-order valence-electron chi connectivity index (χ2n) is 6.70. The molecule has 1 unspecified atom stereocenters. The molecule has 0 aromatic rings. The molecule has 2 rings (SSSR count). The van der Waals surface area contributed by atoms with Crippen molar-refractivity contribution < 1.29 is 24.2 Å². The fourth-order valence-corrected chi connectivity index (χ4v) is 2.70. The molecule has 1 atom stereocenters. The van der Waals surface area contributed by atoms with Crippen LogP contribution in [0.4, 0.5) is 4.79 Å². The minimum absolute atomic E-state index is 0.0879. The number of morpholine rings is 1. The minimum Gasteiger partial charge on any atom is -0.481 e. The molecule has 114 valence electrons. The maximum Gasteiger partial charge on any atom is 0.410 e. The van der Waals surface area contributed by atoms with Crippen LogP contribution in [0, 0.1) is 0 Å². The van der Waals surface area contributed by atoms with Crippen LogP contribution >= 0.6 is 0 Å². The Hall–Kier alpha value is -1.30. The molecule has 20 heavy (non-hydrogen) atoms. The van der Waals surface area contributed by atoms with Crippen LogP contribution < -0.4 is 0 Å². The summed E-state index contributed by atoms with van der Waals surface area (Å²) >= 11 is 0. The lowest BCUT2D eigenvalue weighted by Crippen LogP contribution is -2.65. The Bertz CT molecular complexity index is 397. The van der Waals surface area contributed by atoms with Crippen LogP contribution in [0.25, 0.3) is 0 Å². The van der Waals surface area contributed by atoms with E-state index in [1.54, 1.807) is 4.90 Å². The summed E-state index contributed by atoms with van der Waals surface area (Å²) in [5.74, 6) is -0.913. The number of aliphatic carboxylic acids is 1. The molecule has 1 aliphatic heterocycles. The van der Waals surface area contributed by atoms with Crippen LogP contribution in [0.5, 0.6) is 0 Å². The van der Waals surface area contributed by atoms with Gasteiger partial charge in [0, 0.05) is 0 Å². The van der Waals surface area contributed by atoms with Crippen molar-refractivity contribution in [2.75, 3.05) is 13.2 Å². The predicted octanol–water partition coefficient (Wildman–Crippen LogP) is 2.02. The molecule has 6 heteroatoms. The van der Waals surface area contributed by atoms with Crippen LogP contribution in [0.15, 0.2) is 0 Å².